The molecule has 84 valence electrons. The Morgan fingerprint density at radius 2 is 2.19 bits per heavy atom. The fourth-order valence-electron chi connectivity index (χ4n) is 0.903. The molecule has 1 heterocycles. The van der Waals surface area contributed by atoms with Crippen LogP contribution in [0.4, 0.5) is 16.3 Å². The summed E-state index contributed by atoms with van der Waals surface area (Å²) in [6.45, 7) is 0. The maximum Gasteiger partial charge on any atom is 0.411 e. The molecule has 2 amide bonds. The summed E-state index contributed by atoms with van der Waals surface area (Å²) in [7, 11) is 0. The molecule has 0 bridgehead atoms. The maximum absolute atomic E-state index is 11.1. The van der Waals surface area contributed by atoms with E-state index >= 15 is 0 Å². The van der Waals surface area contributed by atoms with Crippen LogP contribution < -0.4 is 11.1 Å². The summed E-state index contributed by atoms with van der Waals surface area (Å²) >= 11 is 0. The highest BCUT2D eigenvalue weighted by Crippen LogP contribution is 2.19. The molecule has 0 saturated heterocycles. The first-order valence-electron chi connectivity index (χ1n) is 3.86. The molecule has 16 heavy (non-hydrogen) atoms. The number of nitrogen functional groups attached to an aromatic ring is 1. The molecule has 0 unspecified atom stereocenters. The van der Waals surface area contributed by atoms with Crippen molar-refractivity contribution < 1.29 is 19.6 Å². The molecule has 0 radical (unpaired) electrons. The minimum atomic E-state index is -1.57. The van der Waals surface area contributed by atoms with Crippen molar-refractivity contribution in [2.75, 3.05) is 5.73 Å². The lowest BCUT2D eigenvalue weighted by Crippen LogP contribution is -2.28. The van der Waals surface area contributed by atoms with Crippen LogP contribution in [0.5, 0.6) is 0 Å². The highest BCUT2D eigenvalue weighted by atomic mass is 16.6. The van der Waals surface area contributed by atoms with Crippen LogP contribution in [-0.4, -0.2) is 27.0 Å². The van der Waals surface area contributed by atoms with Gasteiger partial charge in [-0.3, -0.25) is 20.2 Å². The van der Waals surface area contributed by atoms with Crippen molar-refractivity contribution in [1.29, 1.82) is 0 Å². The Morgan fingerprint density at radius 3 is 2.69 bits per heavy atom. The van der Waals surface area contributed by atoms with Crippen molar-refractivity contribution in [3.05, 3.63) is 27.9 Å². The normalized spacial score (nSPS) is 9.50. The Kier molecular flexibility index (Phi) is 2.99. The molecule has 0 spiro atoms. The van der Waals surface area contributed by atoms with Crippen LogP contribution in [0.1, 0.15) is 10.4 Å². The number of nitro groups is 1. The van der Waals surface area contributed by atoms with E-state index in [1.54, 1.807) is 0 Å². The van der Waals surface area contributed by atoms with Crippen molar-refractivity contribution in [2.45, 2.75) is 0 Å². The Hall–Kier alpha value is -2.71. The zero-order chi connectivity index (χ0) is 12.3. The third-order valence-electron chi connectivity index (χ3n) is 1.58. The number of hydrogen-bond acceptors (Lipinski definition) is 6. The molecule has 0 atom stereocenters. The minimum Gasteiger partial charge on any atom is -0.465 e. The standard InChI is InChI=1S/C7H6N4O5/c8-5-4(11(15)16)1-3(2-9-5)6(12)10-7(13)14/h1-2H,(H2,8,9)(H,10,12)(H,13,14). The number of aromatic nitrogens is 1. The lowest BCUT2D eigenvalue weighted by atomic mass is 10.2. The van der Waals surface area contributed by atoms with E-state index in [0.717, 1.165) is 12.3 Å². The van der Waals surface area contributed by atoms with E-state index < -0.39 is 22.6 Å². The number of rotatable bonds is 2. The number of hydrogen-bond donors (Lipinski definition) is 3. The molecule has 0 aliphatic carbocycles. The molecule has 0 aliphatic rings. The van der Waals surface area contributed by atoms with Crippen LogP contribution in [0.2, 0.25) is 0 Å². The van der Waals surface area contributed by atoms with Crippen LogP contribution in [0, 0.1) is 10.1 Å². The van der Waals surface area contributed by atoms with Gasteiger partial charge in [0.15, 0.2) is 0 Å². The first-order valence-corrected chi connectivity index (χ1v) is 3.86. The topological polar surface area (TPSA) is 148 Å². The lowest BCUT2D eigenvalue weighted by molar-refractivity contribution is -0.384. The van der Waals surface area contributed by atoms with Crippen molar-refractivity contribution in [3.8, 4) is 0 Å². The molecule has 1 aromatic rings. The summed E-state index contributed by atoms with van der Waals surface area (Å²) in [6, 6.07) is 0.848. The number of imide groups is 1. The number of carbonyl (C=O) groups excluding carboxylic acids is 1. The minimum absolute atomic E-state index is 0.261. The van der Waals surface area contributed by atoms with E-state index in [1.165, 1.54) is 5.32 Å². The van der Waals surface area contributed by atoms with Crippen molar-refractivity contribution >= 4 is 23.5 Å². The molecule has 0 aromatic carbocycles. The zero-order valence-electron chi connectivity index (χ0n) is 7.71. The van der Waals surface area contributed by atoms with Gasteiger partial charge in [0.05, 0.1) is 10.5 Å². The summed E-state index contributed by atoms with van der Waals surface area (Å²) in [5, 5.41) is 20.2. The number of nitrogens with zero attached hydrogens (tertiary/aromatic N) is 2. The van der Waals surface area contributed by atoms with Crippen LogP contribution in [0.15, 0.2) is 12.3 Å². The van der Waals surface area contributed by atoms with Gasteiger partial charge in [-0.2, -0.15) is 0 Å². The van der Waals surface area contributed by atoms with Gasteiger partial charge in [-0.15, -0.1) is 0 Å². The van der Waals surface area contributed by atoms with Crippen molar-refractivity contribution in [3.63, 3.8) is 0 Å². The number of carboxylic acid groups (broad SMARTS) is 1. The number of nitrogens with one attached hydrogen (secondary N) is 1. The van der Waals surface area contributed by atoms with Gasteiger partial charge >= 0.3 is 11.8 Å². The second-order valence-corrected chi connectivity index (χ2v) is 2.64. The highest BCUT2D eigenvalue weighted by Gasteiger charge is 2.17. The molecule has 0 saturated carbocycles. The summed E-state index contributed by atoms with van der Waals surface area (Å²) < 4.78 is 0. The molecule has 4 N–H and O–H groups in total. The third kappa shape index (κ3) is 2.41. The summed E-state index contributed by atoms with van der Waals surface area (Å²) in [4.78, 5) is 34.4. The van der Waals surface area contributed by atoms with Crippen LogP contribution in [0.25, 0.3) is 0 Å². The van der Waals surface area contributed by atoms with Crippen molar-refractivity contribution in [1.82, 2.24) is 10.3 Å². The van der Waals surface area contributed by atoms with E-state index in [-0.39, 0.29) is 11.4 Å². The van der Waals surface area contributed by atoms with E-state index in [9.17, 15) is 19.7 Å². The first kappa shape index (κ1) is 11.4. The Bertz CT molecular complexity index is 472. The summed E-state index contributed by atoms with van der Waals surface area (Å²) in [6.07, 6.45) is -0.620. The number of nitrogens with two attached hydrogens (primary N) is 1. The van der Waals surface area contributed by atoms with Gasteiger partial charge in [-0.1, -0.05) is 0 Å². The molecule has 9 nitrogen and oxygen atoms in total. The molecular formula is C7H6N4O5. The fraction of sp³-hybridized carbons (Fsp3) is 0. The first-order chi connectivity index (χ1) is 7.41. The molecule has 0 fully saturated rings. The number of amides is 2. The van der Waals surface area contributed by atoms with Gasteiger partial charge in [0.1, 0.15) is 0 Å². The predicted molar refractivity (Wildman–Crippen MR) is 50.8 cm³/mol. The highest BCUT2D eigenvalue weighted by molar-refractivity contribution is 6.02. The summed E-state index contributed by atoms with van der Waals surface area (Å²) in [5.41, 5.74) is 4.37. The van der Waals surface area contributed by atoms with Crippen LogP contribution >= 0.6 is 0 Å². The average Bonchev–Trinajstić information content (AvgIpc) is 2.16. The number of carbonyl (C=O) groups is 2. The Balaban J connectivity index is 3.08. The monoisotopic (exact) mass is 226 g/mol. The SMILES string of the molecule is Nc1ncc(C(=O)NC(=O)O)cc1[N+](=O)[O-]. The van der Waals surface area contributed by atoms with Gasteiger partial charge < -0.3 is 10.8 Å². The van der Waals surface area contributed by atoms with E-state index in [2.05, 4.69) is 4.98 Å². The zero-order valence-corrected chi connectivity index (χ0v) is 7.71. The largest absolute Gasteiger partial charge is 0.465 e. The molecular weight excluding hydrogens is 220 g/mol. The van der Waals surface area contributed by atoms with Gasteiger partial charge in [-0.05, 0) is 0 Å². The third-order valence-corrected chi connectivity index (χ3v) is 1.58. The second-order valence-electron chi connectivity index (χ2n) is 2.64. The maximum atomic E-state index is 11.1. The van der Waals surface area contributed by atoms with Gasteiger partial charge in [-0.25, -0.2) is 9.78 Å². The number of pyridine rings is 1. The van der Waals surface area contributed by atoms with Gasteiger partial charge in [0.25, 0.3) is 5.91 Å². The lowest BCUT2D eigenvalue weighted by Gasteiger charge is -2.00. The number of anilines is 1. The van der Waals surface area contributed by atoms with Crippen molar-refractivity contribution in [2.24, 2.45) is 0 Å². The summed E-state index contributed by atoms with van der Waals surface area (Å²) in [5.74, 6) is -1.36. The van der Waals surface area contributed by atoms with E-state index in [4.69, 9.17) is 10.8 Å². The van der Waals surface area contributed by atoms with Crippen LogP contribution in [0.3, 0.4) is 0 Å². The quantitative estimate of drug-likeness (QED) is 0.473. The predicted octanol–water partition coefficient (Wildman–Crippen LogP) is -0.0202. The fourth-order valence-corrected chi connectivity index (χ4v) is 0.903. The second kappa shape index (κ2) is 4.21. The van der Waals surface area contributed by atoms with Crippen LogP contribution in [-0.2, 0) is 0 Å². The Morgan fingerprint density at radius 1 is 1.56 bits per heavy atom. The molecule has 1 aromatic heterocycles. The smallest absolute Gasteiger partial charge is 0.411 e. The molecule has 1 rings (SSSR count). The van der Waals surface area contributed by atoms with Gasteiger partial charge in [0.2, 0.25) is 5.82 Å². The van der Waals surface area contributed by atoms with E-state index in [1.807, 2.05) is 0 Å². The van der Waals surface area contributed by atoms with Gasteiger partial charge in [0, 0.05) is 12.3 Å². The molecule has 0 aliphatic heterocycles. The average molecular weight is 226 g/mol. The Labute approximate surface area is 88.0 Å². The molecule has 9 heteroatoms. The van der Waals surface area contributed by atoms with E-state index in [0.29, 0.717) is 0 Å².